The number of para-hydroxylation sites is 1. The van der Waals surface area contributed by atoms with Gasteiger partial charge >= 0.3 is 0 Å². The van der Waals surface area contributed by atoms with Gasteiger partial charge in [0.1, 0.15) is 4.88 Å². The number of carbonyl (C=O) groups is 1. The van der Waals surface area contributed by atoms with Gasteiger partial charge < -0.3 is 16.0 Å². The SMILES string of the molecule is O=C(NC1CCCNC1)c1cnc(Nc2ccccc2)s1. The first-order valence-electron chi connectivity index (χ1n) is 7.11. The van der Waals surface area contributed by atoms with Crippen molar-refractivity contribution in [3.05, 3.63) is 41.4 Å². The van der Waals surface area contributed by atoms with Crippen molar-refractivity contribution < 1.29 is 4.79 Å². The summed E-state index contributed by atoms with van der Waals surface area (Å²) >= 11 is 1.37. The first kappa shape index (κ1) is 14.0. The van der Waals surface area contributed by atoms with E-state index in [1.54, 1.807) is 6.20 Å². The Kier molecular flexibility index (Phi) is 4.47. The predicted molar refractivity (Wildman–Crippen MR) is 85.2 cm³/mol. The fourth-order valence-corrected chi connectivity index (χ4v) is 3.05. The topological polar surface area (TPSA) is 66.0 Å². The molecule has 1 atom stereocenters. The lowest BCUT2D eigenvalue weighted by atomic mass is 10.1. The van der Waals surface area contributed by atoms with Crippen LogP contribution in [0.2, 0.25) is 0 Å². The van der Waals surface area contributed by atoms with Crippen molar-refractivity contribution in [3.8, 4) is 0 Å². The monoisotopic (exact) mass is 302 g/mol. The molecule has 2 aromatic rings. The third-order valence-electron chi connectivity index (χ3n) is 3.39. The van der Waals surface area contributed by atoms with Gasteiger partial charge in [-0.05, 0) is 31.5 Å². The van der Waals surface area contributed by atoms with Crippen LogP contribution in [0.15, 0.2) is 36.5 Å². The van der Waals surface area contributed by atoms with Crippen molar-refractivity contribution >= 4 is 28.1 Å². The molecule has 0 radical (unpaired) electrons. The summed E-state index contributed by atoms with van der Waals surface area (Å²) in [7, 11) is 0. The van der Waals surface area contributed by atoms with Gasteiger partial charge in [0.2, 0.25) is 0 Å². The van der Waals surface area contributed by atoms with Crippen LogP contribution >= 0.6 is 11.3 Å². The number of rotatable bonds is 4. The van der Waals surface area contributed by atoms with Crippen molar-refractivity contribution in [1.82, 2.24) is 15.6 Å². The van der Waals surface area contributed by atoms with Gasteiger partial charge in [0, 0.05) is 18.3 Å². The molecular weight excluding hydrogens is 284 g/mol. The highest BCUT2D eigenvalue weighted by Gasteiger charge is 2.18. The minimum Gasteiger partial charge on any atom is -0.347 e. The molecule has 1 unspecified atom stereocenters. The highest BCUT2D eigenvalue weighted by atomic mass is 32.1. The zero-order chi connectivity index (χ0) is 14.5. The lowest BCUT2D eigenvalue weighted by molar-refractivity contribution is 0.0934. The number of hydrogen-bond donors (Lipinski definition) is 3. The van der Waals surface area contributed by atoms with Crippen molar-refractivity contribution in [2.45, 2.75) is 18.9 Å². The van der Waals surface area contributed by atoms with Gasteiger partial charge in [-0.2, -0.15) is 0 Å². The van der Waals surface area contributed by atoms with E-state index in [0.29, 0.717) is 4.88 Å². The van der Waals surface area contributed by atoms with E-state index in [2.05, 4.69) is 20.9 Å². The molecule has 0 bridgehead atoms. The first-order valence-corrected chi connectivity index (χ1v) is 7.92. The Labute approximate surface area is 127 Å². The summed E-state index contributed by atoms with van der Waals surface area (Å²) in [5, 5.41) is 10.3. The molecule has 1 aliphatic heterocycles. The van der Waals surface area contributed by atoms with Crippen molar-refractivity contribution in [3.63, 3.8) is 0 Å². The van der Waals surface area contributed by atoms with E-state index >= 15 is 0 Å². The molecule has 21 heavy (non-hydrogen) atoms. The summed E-state index contributed by atoms with van der Waals surface area (Å²) in [5.74, 6) is -0.0395. The second-order valence-electron chi connectivity index (χ2n) is 5.04. The summed E-state index contributed by atoms with van der Waals surface area (Å²) in [6, 6.07) is 10.0. The van der Waals surface area contributed by atoms with Gasteiger partial charge in [-0.3, -0.25) is 4.79 Å². The Bertz CT molecular complexity index is 593. The van der Waals surface area contributed by atoms with E-state index in [9.17, 15) is 4.79 Å². The molecule has 0 spiro atoms. The van der Waals surface area contributed by atoms with E-state index in [1.807, 2.05) is 30.3 Å². The third kappa shape index (κ3) is 3.80. The normalized spacial score (nSPS) is 18.2. The van der Waals surface area contributed by atoms with Crippen LogP contribution in [-0.4, -0.2) is 30.0 Å². The average molecular weight is 302 g/mol. The van der Waals surface area contributed by atoms with Crippen LogP contribution < -0.4 is 16.0 Å². The summed E-state index contributed by atoms with van der Waals surface area (Å²) in [4.78, 5) is 17.1. The highest BCUT2D eigenvalue weighted by molar-refractivity contribution is 7.17. The van der Waals surface area contributed by atoms with E-state index in [1.165, 1.54) is 11.3 Å². The largest absolute Gasteiger partial charge is 0.347 e. The molecule has 1 amide bonds. The minimum absolute atomic E-state index is 0.0395. The number of carbonyl (C=O) groups excluding carboxylic acids is 1. The average Bonchev–Trinajstić information content (AvgIpc) is 2.98. The van der Waals surface area contributed by atoms with Crippen LogP contribution in [0, 0.1) is 0 Å². The van der Waals surface area contributed by atoms with E-state index < -0.39 is 0 Å². The Morgan fingerprint density at radius 3 is 2.95 bits per heavy atom. The molecule has 0 aliphatic carbocycles. The molecule has 1 aliphatic rings. The van der Waals surface area contributed by atoms with Gasteiger partial charge in [0.25, 0.3) is 5.91 Å². The molecule has 3 N–H and O–H groups in total. The second-order valence-corrected chi connectivity index (χ2v) is 6.07. The summed E-state index contributed by atoms with van der Waals surface area (Å²) in [5.41, 5.74) is 0.968. The summed E-state index contributed by atoms with van der Waals surface area (Å²) in [6.45, 7) is 1.89. The number of benzene rings is 1. The van der Waals surface area contributed by atoms with E-state index in [0.717, 1.165) is 36.8 Å². The molecule has 5 nitrogen and oxygen atoms in total. The van der Waals surface area contributed by atoms with Crippen LogP contribution in [-0.2, 0) is 0 Å². The zero-order valence-corrected chi connectivity index (χ0v) is 12.5. The maximum Gasteiger partial charge on any atom is 0.263 e. The Morgan fingerprint density at radius 2 is 2.19 bits per heavy atom. The summed E-state index contributed by atoms with van der Waals surface area (Å²) in [6.07, 6.45) is 3.77. The highest BCUT2D eigenvalue weighted by Crippen LogP contribution is 2.22. The quantitative estimate of drug-likeness (QED) is 0.811. The summed E-state index contributed by atoms with van der Waals surface area (Å²) < 4.78 is 0. The van der Waals surface area contributed by atoms with Gasteiger partial charge in [-0.25, -0.2) is 4.98 Å². The number of amides is 1. The number of piperidine rings is 1. The maximum absolute atomic E-state index is 12.2. The number of aromatic nitrogens is 1. The van der Waals surface area contributed by atoms with Gasteiger partial charge in [0.05, 0.1) is 6.20 Å². The lowest BCUT2D eigenvalue weighted by Gasteiger charge is -2.23. The Morgan fingerprint density at radius 1 is 1.33 bits per heavy atom. The Hall–Kier alpha value is -1.92. The molecule has 0 saturated carbocycles. The van der Waals surface area contributed by atoms with Crippen LogP contribution in [0.4, 0.5) is 10.8 Å². The van der Waals surface area contributed by atoms with Crippen LogP contribution in [0.25, 0.3) is 0 Å². The number of nitrogens with zero attached hydrogens (tertiary/aromatic N) is 1. The Balaban J connectivity index is 1.60. The maximum atomic E-state index is 12.2. The van der Waals surface area contributed by atoms with Crippen LogP contribution in [0.1, 0.15) is 22.5 Å². The molecular formula is C15H18N4OS. The van der Waals surface area contributed by atoms with Crippen molar-refractivity contribution in [2.75, 3.05) is 18.4 Å². The molecule has 1 aromatic heterocycles. The standard InChI is InChI=1S/C15H18N4OS/c20-14(18-12-7-4-8-16-9-12)13-10-17-15(21-13)19-11-5-2-1-3-6-11/h1-3,5-6,10,12,16H,4,7-9H2,(H,17,19)(H,18,20). The van der Waals surface area contributed by atoms with Gasteiger partial charge in [-0.1, -0.05) is 29.5 Å². The fraction of sp³-hybridized carbons (Fsp3) is 0.333. The lowest BCUT2D eigenvalue weighted by Crippen LogP contribution is -2.45. The zero-order valence-electron chi connectivity index (χ0n) is 11.6. The van der Waals surface area contributed by atoms with E-state index in [4.69, 9.17) is 0 Å². The number of nitrogens with one attached hydrogen (secondary N) is 3. The number of anilines is 2. The second kappa shape index (κ2) is 6.69. The van der Waals surface area contributed by atoms with Gasteiger partial charge in [-0.15, -0.1) is 0 Å². The fourth-order valence-electron chi connectivity index (χ4n) is 2.31. The number of hydrogen-bond acceptors (Lipinski definition) is 5. The molecule has 2 heterocycles. The smallest absolute Gasteiger partial charge is 0.263 e. The molecule has 1 fully saturated rings. The minimum atomic E-state index is -0.0395. The van der Waals surface area contributed by atoms with Crippen molar-refractivity contribution in [1.29, 1.82) is 0 Å². The van der Waals surface area contributed by atoms with Crippen LogP contribution in [0.3, 0.4) is 0 Å². The number of thiazole rings is 1. The predicted octanol–water partition coefficient (Wildman–Crippen LogP) is 2.37. The van der Waals surface area contributed by atoms with Gasteiger partial charge in [0.15, 0.2) is 5.13 Å². The van der Waals surface area contributed by atoms with E-state index in [-0.39, 0.29) is 11.9 Å². The van der Waals surface area contributed by atoms with Crippen molar-refractivity contribution in [2.24, 2.45) is 0 Å². The molecule has 1 aromatic carbocycles. The van der Waals surface area contributed by atoms with Crippen LogP contribution in [0.5, 0.6) is 0 Å². The molecule has 3 rings (SSSR count). The molecule has 110 valence electrons. The molecule has 6 heteroatoms. The first-order chi connectivity index (χ1) is 10.3. The molecule has 1 saturated heterocycles. The third-order valence-corrected chi connectivity index (χ3v) is 4.30.